The molecule has 0 unspecified atom stereocenters. The molecule has 0 aliphatic heterocycles. The number of hydrogen-bond donors (Lipinski definition) is 1. The molecule has 1 aromatic rings. The number of alkyl halides is 2. The second-order valence-corrected chi connectivity index (χ2v) is 6.07. The molecule has 1 aromatic carbocycles. The molecule has 0 fully saturated rings. The molecule has 1 N–H and O–H groups in total. The third-order valence-electron chi connectivity index (χ3n) is 2.54. The summed E-state index contributed by atoms with van der Waals surface area (Å²) >= 11 is 0. The Morgan fingerprint density at radius 3 is 2.48 bits per heavy atom. The Morgan fingerprint density at radius 2 is 1.96 bits per heavy atom. The SMILES string of the molecule is C=C(C)C(=C)Oc1cccc(C(=O)OCC(F)(F)S(=O)(=O)O)c1. The van der Waals surface area contributed by atoms with Crippen LogP contribution in [0.1, 0.15) is 17.3 Å². The summed E-state index contributed by atoms with van der Waals surface area (Å²) < 4.78 is 64.6. The van der Waals surface area contributed by atoms with Gasteiger partial charge in [-0.15, -0.1) is 0 Å². The van der Waals surface area contributed by atoms with Gasteiger partial charge in [0.15, 0.2) is 6.61 Å². The standard InChI is InChI=1S/C14H14F2O6S/c1-9(2)10(3)22-12-6-4-5-11(7-12)13(17)21-8-14(15,16)23(18,19)20/h4-7H,1,3,8H2,2H3,(H,18,19,20). The largest absolute Gasteiger partial charge is 0.458 e. The quantitative estimate of drug-likeness (QED) is 0.353. The van der Waals surface area contributed by atoms with E-state index in [2.05, 4.69) is 17.9 Å². The van der Waals surface area contributed by atoms with E-state index in [9.17, 15) is 22.0 Å². The van der Waals surface area contributed by atoms with Crippen molar-refractivity contribution in [2.45, 2.75) is 12.2 Å². The normalized spacial score (nSPS) is 11.7. The number of ether oxygens (including phenoxy) is 2. The second-order valence-electron chi connectivity index (χ2n) is 4.52. The van der Waals surface area contributed by atoms with Crippen LogP contribution in [0.15, 0.2) is 48.8 Å². The average Bonchev–Trinajstić information content (AvgIpc) is 2.43. The lowest BCUT2D eigenvalue weighted by molar-refractivity contribution is -0.00951. The van der Waals surface area contributed by atoms with E-state index in [-0.39, 0.29) is 17.1 Å². The maximum atomic E-state index is 13.0. The molecule has 126 valence electrons. The van der Waals surface area contributed by atoms with E-state index in [1.54, 1.807) is 6.92 Å². The van der Waals surface area contributed by atoms with Crippen molar-refractivity contribution in [3.8, 4) is 5.75 Å². The molecule has 0 amide bonds. The highest BCUT2D eigenvalue weighted by atomic mass is 32.2. The third kappa shape index (κ3) is 5.15. The van der Waals surface area contributed by atoms with E-state index in [4.69, 9.17) is 9.29 Å². The number of rotatable bonds is 7. The van der Waals surface area contributed by atoms with Crippen molar-refractivity contribution in [1.82, 2.24) is 0 Å². The maximum absolute atomic E-state index is 13.0. The number of hydrogen-bond acceptors (Lipinski definition) is 5. The molecule has 9 heteroatoms. The molecular weight excluding hydrogens is 334 g/mol. The van der Waals surface area contributed by atoms with Crippen LogP contribution < -0.4 is 4.74 Å². The monoisotopic (exact) mass is 348 g/mol. The maximum Gasteiger partial charge on any atom is 0.402 e. The Hall–Kier alpha value is -2.26. The predicted octanol–water partition coefficient (Wildman–Crippen LogP) is 2.79. The molecule has 0 saturated heterocycles. The highest BCUT2D eigenvalue weighted by Gasteiger charge is 2.45. The van der Waals surface area contributed by atoms with Crippen LogP contribution in [-0.2, 0) is 14.9 Å². The van der Waals surface area contributed by atoms with Crippen LogP contribution in [0.5, 0.6) is 5.75 Å². The molecule has 0 radical (unpaired) electrons. The first kappa shape index (κ1) is 18.8. The lowest BCUT2D eigenvalue weighted by atomic mass is 10.2. The highest BCUT2D eigenvalue weighted by Crippen LogP contribution is 2.22. The Bertz CT molecular complexity index is 739. The van der Waals surface area contributed by atoms with E-state index in [1.807, 2.05) is 0 Å². The number of halogens is 2. The predicted molar refractivity (Wildman–Crippen MR) is 77.8 cm³/mol. The Labute approximate surface area is 131 Å². The lowest BCUT2D eigenvalue weighted by Crippen LogP contribution is -2.34. The topological polar surface area (TPSA) is 89.9 Å². The number of benzene rings is 1. The van der Waals surface area contributed by atoms with Gasteiger partial charge in [-0.3, -0.25) is 4.55 Å². The number of carbonyl (C=O) groups excluding carboxylic acids is 1. The van der Waals surface area contributed by atoms with Gasteiger partial charge in [-0.05, 0) is 30.7 Å². The van der Waals surface area contributed by atoms with Crippen LogP contribution in [0.3, 0.4) is 0 Å². The van der Waals surface area contributed by atoms with Crippen molar-refractivity contribution in [2.24, 2.45) is 0 Å². The smallest absolute Gasteiger partial charge is 0.402 e. The summed E-state index contributed by atoms with van der Waals surface area (Å²) in [6, 6.07) is 5.34. The zero-order valence-corrected chi connectivity index (χ0v) is 12.9. The zero-order valence-electron chi connectivity index (χ0n) is 12.1. The van der Waals surface area contributed by atoms with Gasteiger partial charge in [0, 0.05) is 0 Å². The summed E-state index contributed by atoms with van der Waals surface area (Å²) in [5.41, 5.74) is 0.397. The molecule has 0 aromatic heterocycles. The molecule has 0 aliphatic carbocycles. The van der Waals surface area contributed by atoms with Crippen molar-refractivity contribution in [2.75, 3.05) is 6.61 Å². The number of carbonyl (C=O) groups is 1. The van der Waals surface area contributed by atoms with Gasteiger partial charge in [0.25, 0.3) is 0 Å². The van der Waals surface area contributed by atoms with Gasteiger partial charge in [-0.2, -0.15) is 17.2 Å². The molecule has 0 bridgehead atoms. The van der Waals surface area contributed by atoms with Crippen LogP contribution in [0.2, 0.25) is 0 Å². The molecule has 0 spiro atoms. The first-order valence-corrected chi connectivity index (χ1v) is 7.53. The minimum Gasteiger partial charge on any atom is -0.458 e. The van der Waals surface area contributed by atoms with Crippen LogP contribution >= 0.6 is 0 Å². The van der Waals surface area contributed by atoms with E-state index in [0.717, 1.165) is 0 Å². The fraction of sp³-hybridized carbons (Fsp3) is 0.214. The molecule has 23 heavy (non-hydrogen) atoms. The van der Waals surface area contributed by atoms with Gasteiger partial charge in [0.05, 0.1) is 5.56 Å². The molecular formula is C14H14F2O6S. The van der Waals surface area contributed by atoms with Gasteiger partial charge >= 0.3 is 21.3 Å². The second kappa shape index (κ2) is 6.88. The summed E-state index contributed by atoms with van der Waals surface area (Å²) in [6.45, 7) is 7.04. The summed E-state index contributed by atoms with van der Waals surface area (Å²) in [6.07, 6.45) is 0. The van der Waals surface area contributed by atoms with E-state index in [0.29, 0.717) is 5.57 Å². The first-order valence-electron chi connectivity index (χ1n) is 6.09. The van der Waals surface area contributed by atoms with Gasteiger partial charge in [-0.25, -0.2) is 4.79 Å². The minimum atomic E-state index is -5.67. The molecule has 0 aliphatic rings. The summed E-state index contributed by atoms with van der Waals surface area (Å²) in [5.74, 6) is -0.776. The molecule has 0 atom stereocenters. The zero-order chi connectivity index (χ0) is 17.8. The van der Waals surface area contributed by atoms with Gasteiger partial charge in [0.1, 0.15) is 11.5 Å². The van der Waals surface area contributed by atoms with E-state index in [1.165, 1.54) is 24.3 Å². The van der Waals surface area contributed by atoms with E-state index >= 15 is 0 Å². The van der Waals surface area contributed by atoms with E-state index < -0.39 is 27.9 Å². The van der Waals surface area contributed by atoms with Gasteiger partial charge in [0.2, 0.25) is 0 Å². The summed E-state index contributed by atoms with van der Waals surface area (Å²) in [7, 11) is -5.67. The summed E-state index contributed by atoms with van der Waals surface area (Å²) in [4.78, 5) is 11.7. The fourth-order valence-corrected chi connectivity index (χ4v) is 1.43. The van der Waals surface area contributed by atoms with Crippen LogP contribution in [-0.4, -0.2) is 30.8 Å². The number of esters is 1. The minimum absolute atomic E-state index is 0.150. The van der Waals surface area contributed by atoms with Crippen molar-refractivity contribution in [3.05, 3.63) is 54.3 Å². The molecule has 6 nitrogen and oxygen atoms in total. The average molecular weight is 348 g/mol. The fourth-order valence-electron chi connectivity index (χ4n) is 1.22. The Morgan fingerprint density at radius 1 is 1.35 bits per heavy atom. The van der Waals surface area contributed by atoms with Crippen LogP contribution in [0.25, 0.3) is 0 Å². The molecule has 1 rings (SSSR count). The van der Waals surface area contributed by atoms with Gasteiger partial charge in [-0.1, -0.05) is 19.2 Å². The van der Waals surface area contributed by atoms with Crippen molar-refractivity contribution >= 4 is 16.1 Å². The lowest BCUT2D eigenvalue weighted by Gasteiger charge is -2.13. The van der Waals surface area contributed by atoms with Crippen molar-refractivity contribution < 1.29 is 36.0 Å². The van der Waals surface area contributed by atoms with Gasteiger partial charge < -0.3 is 9.47 Å². The third-order valence-corrected chi connectivity index (χ3v) is 3.41. The number of allylic oxidation sites excluding steroid dienone is 1. The highest BCUT2D eigenvalue weighted by molar-refractivity contribution is 7.86. The first-order chi connectivity index (χ1) is 10.4. The summed E-state index contributed by atoms with van der Waals surface area (Å²) in [5, 5.41) is -4.59. The van der Waals surface area contributed by atoms with Crippen LogP contribution in [0, 0.1) is 0 Å². The van der Waals surface area contributed by atoms with Crippen LogP contribution in [0.4, 0.5) is 8.78 Å². The van der Waals surface area contributed by atoms with Crippen molar-refractivity contribution in [1.29, 1.82) is 0 Å². The molecule has 0 saturated carbocycles. The Balaban J connectivity index is 2.82. The molecule has 0 heterocycles. The van der Waals surface area contributed by atoms with Crippen molar-refractivity contribution in [3.63, 3.8) is 0 Å². The Kier molecular flexibility index (Phi) is 5.62.